The van der Waals surface area contributed by atoms with E-state index in [1.54, 1.807) is 24.3 Å². The maximum atomic E-state index is 13.7. The van der Waals surface area contributed by atoms with E-state index >= 15 is 0 Å². The Hall–Kier alpha value is -3.38. The maximum absolute atomic E-state index is 13.7. The van der Waals surface area contributed by atoms with Crippen LogP contribution in [-0.2, 0) is 0 Å². The van der Waals surface area contributed by atoms with E-state index in [2.05, 4.69) is 15.0 Å². The van der Waals surface area contributed by atoms with Gasteiger partial charge in [-0.2, -0.15) is 0 Å². The van der Waals surface area contributed by atoms with Gasteiger partial charge in [0.25, 0.3) is 5.56 Å². The van der Waals surface area contributed by atoms with Crippen LogP contribution < -0.4 is 5.56 Å². The summed E-state index contributed by atoms with van der Waals surface area (Å²) < 4.78 is 15.0. The predicted molar refractivity (Wildman–Crippen MR) is 108 cm³/mol. The minimum Gasteiger partial charge on any atom is -0.268 e. The summed E-state index contributed by atoms with van der Waals surface area (Å²) in [6, 6.07) is 12.9. The highest BCUT2D eigenvalue weighted by Crippen LogP contribution is 2.20. The molecule has 0 radical (unpaired) electrons. The highest BCUT2D eigenvalue weighted by atomic mass is 35.5. The molecule has 0 aliphatic rings. The van der Waals surface area contributed by atoms with E-state index in [1.807, 2.05) is 25.1 Å². The lowest BCUT2D eigenvalue weighted by molar-refractivity contribution is 0.629. The smallest absolute Gasteiger partial charge is 0.266 e. The first kappa shape index (κ1) is 18.0. The van der Waals surface area contributed by atoms with E-state index < -0.39 is 11.4 Å². The van der Waals surface area contributed by atoms with Gasteiger partial charge in [-0.3, -0.25) is 14.3 Å². The summed E-state index contributed by atoms with van der Waals surface area (Å²) in [6.45, 7) is 1.89. The second kappa shape index (κ2) is 7.32. The van der Waals surface area contributed by atoms with Gasteiger partial charge in [-0.25, -0.2) is 14.4 Å². The van der Waals surface area contributed by atoms with Crippen LogP contribution in [0.1, 0.15) is 17.2 Å². The molecule has 4 aromatic rings. The normalized spacial score (nSPS) is 11.4. The first-order valence-electron chi connectivity index (χ1n) is 8.48. The van der Waals surface area contributed by atoms with E-state index in [9.17, 15) is 9.18 Å². The van der Waals surface area contributed by atoms with Crippen molar-refractivity contribution in [2.75, 3.05) is 0 Å². The third-order valence-corrected chi connectivity index (χ3v) is 4.44. The molecule has 138 valence electrons. The molecule has 7 heteroatoms. The number of halogens is 2. The molecule has 1 aromatic carbocycles. The molecule has 0 bridgehead atoms. The number of rotatable bonds is 3. The molecule has 0 aliphatic carbocycles. The molecule has 0 atom stereocenters. The van der Waals surface area contributed by atoms with Crippen molar-refractivity contribution in [1.29, 1.82) is 0 Å². The van der Waals surface area contributed by atoms with Gasteiger partial charge in [0.05, 0.1) is 22.3 Å². The molecule has 0 aliphatic heterocycles. The van der Waals surface area contributed by atoms with Gasteiger partial charge in [-0.1, -0.05) is 17.7 Å². The summed E-state index contributed by atoms with van der Waals surface area (Å²) >= 11 is 6.21. The number of pyridine rings is 2. The van der Waals surface area contributed by atoms with Gasteiger partial charge in [0.1, 0.15) is 11.6 Å². The van der Waals surface area contributed by atoms with Crippen LogP contribution in [0.2, 0.25) is 5.15 Å². The fourth-order valence-corrected chi connectivity index (χ4v) is 3.08. The second-order valence-electron chi connectivity index (χ2n) is 6.12. The van der Waals surface area contributed by atoms with Crippen molar-refractivity contribution < 1.29 is 4.39 Å². The first-order valence-corrected chi connectivity index (χ1v) is 8.86. The van der Waals surface area contributed by atoms with Crippen molar-refractivity contribution in [2.45, 2.75) is 6.92 Å². The molecule has 0 spiro atoms. The Morgan fingerprint density at radius 2 is 1.93 bits per heavy atom. The van der Waals surface area contributed by atoms with Crippen molar-refractivity contribution in [3.8, 4) is 5.69 Å². The van der Waals surface area contributed by atoms with E-state index in [4.69, 9.17) is 11.6 Å². The minimum absolute atomic E-state index is 0.144. The van der Waals surface area contributed by atoms with Crippen molar-refractivity contribution in [1.82, 2.24) is 19.5 Å². The Balaban J connectivity index is 1.98. The summed E-state index contributed by atoms with van der Waals surface area (Å²) in [4.78, 5) is 26.1. The molecule has 0 fully saturated rings. The largest absolute Gasteiger partial charge is 0.268 e. The van der Waals surface area contributed by atoms with Crippen molar-refractivity contribution >= 4 is 34.7 Å². The summed E-state index contributed by atoms with van der Waals surface area (Å²) in [5, 5.41) is 0.302. The summed E-state index contributed by atoms with van der Waals surface area (Å²) in [7, 11) is 0. The van der Waals surface area contributed by atoms with Gasteiger partial charge in [-0.05, 0) is 61.5 Å². The molecule has 0 saturated heterocycles. The highest BCUT2D eigenvalue weighted by Gasteiger charge is 2.14. The van der Waals surface area contributed by atoms with Crippen molar-refractivity contribution in [3.05, 3.63) is 93.3 Å². The average Bonchev–Trinajstić information content (AvgIpc) is 2.68. The standard InChI is InChI=1S/C21H14ClFN4O/c1-13-4-2-5-15(25-13)8-10-19-26-17-9-7-14(23)12-16(17)21(28)27(19)18-6-3-11-24-20(18)22/h2-12H,1H3/b10-8+. The zero-order valence-electron chi connectivity index (χ0n) is 14.8. The molecule has 5 nitrogen and oxygen atoms in total. The number of benzene rings is 1. The number of aromatic nitrogens is 4. The maximum Gasteiger partial charge on any atom is 0.266 e. The van der Waals surface area contributed by atoms with Crippen LogP contribution in [0.25, 0.3) is 28.7 Å². The van der Waals surface area contributed by atoms with Crippen molar-refractivity contribution in [3.63, 3.8) is 0 Å². The topological polar surface area (TPSA) is 60.7 Å². The van der Waals surface area contributed by atoms with E-state index in [-0.39, 0.29) is 10.5 Å². The van der Waals surface area contributed by atoms with Gasteiger partial charge < -0.3 is 0 Å². The predicted octanol–water partition coefficient (Wildman–Crippen LogP) is 4.45. The van der Waals surface area contributed by atoms with Gasteiger partial charge in [0, 0.05) is 11.9 Å². The van der Waals surface area contributed by atoms with Gasteiger partial charge in [-0.15, -0.1) is 0 Å². The van der Waals surface area contributed by atoms with Crippen molar-refractivity contribution in [2.24, 2.45) is 0 Å². The third-order valence-electron chi connectivity index (χ3n) is 4.15. The molecule has 3 aromatic heterocycles. The van der Waals surface area contributed by atoms with Crippen LogP contribution in [0.15, 0.2) is 59.5 Å². The molecule has 0 amide bonds. The van der Waals surface area contributed by atoms with Gasteiger partial charge in [0.2, 0.25) is 0 Å². The SMILES string of the molecule is Cc1cccc(/C=C/c2nc3ccc(F)cc3c(=O)n2-c2cccnc2Cl)n1. The molecule has 28 heavy (non-hydrogen) atoms. The number of nitrogens with zero attached hydrogens (tertiary/aromatic N) is 4. The average molecular weight is 393 g/mol. The zero-order chi connectivity index (χ0) is 19.7. The highest BCUT2D eigenvalue weighted by molar-refractivity contribution is 6.31. The Labute approximate surface area is 164 Å². The molecule has 0 saturated carbocycles. The fraction of sp³-hybridized carbons (Fsp3) is 0.0476. The number of hydrogen-bond acceptors (Lipinski definition) is 4. The van der Waals surface area contributed by atoms with Crippen LogP contribution in [0.4, 0.5) is 4.39 Å². The Morgan fingerprint density at radius 3 is 2.71 bits per heavy atom. The third kappa shape index (κ3) is 3.42. The van der Waals surface area contributed by atoms with E-state index in [0.29, 0.717) is 17.0 Å². The lowest BCUT2D eigenvalue weighted by atomic mass is 10.2. The summed E-state index contributed by atoms with van der Waals surface area (Å²) in [5.74, 6) is -0.176. The molecule has 0 N–H and O–H groups in total. The second-order valence-corrected chi connectivity index (χ2v) is 6.48. The molecule has 0 unspecified atom stereocenters. The monoisotopic (exact) mass is 392 g/mol. The number of hydrogen-bond donors (Lipinski definition) is 0. The fourth-order valence-electron chi connectivity index (χ4n) is 2.88. The van der Waals surface area contributed by atoms with Crippen LogP contribution in [-0.4, -0.2) is 19.5 Å². The minimum atomic E-state index is -0.512. The molecular weight excluding hydrogens is 379 g/mol. The molecular formula is C21H14ClFN4O. The summed E-state index contributed by atoms with van der Waals surface area (Å²) in [6.07, 6.45) is 4.96. The number of fused-ring (bicyclic) bond motifs is 1. The van der Waals surface area contributed by atoms with Gasteiger partial charge >= 0.3 is 0 Å². The van der Waals surface area contributed by atoms with Crippen LogP contribution in [0.5, 0.6) is 0 Å². The van der Waals surface area contributed by atoms with E-state index in [1.165, 1.54) is 29.0 Å². The van der Waals surface area contributed by atoms with Crippen LogP contribution in [0, 0.1) is 12.7 Å². The Morgan fingerprint density at radius 1 is 1.07 bits per heavy atom. The van der Waals surface area contributed by atoms with Crippen LogP contribution in [0.3, 0.4) is 0 Å². The lowest BCUT2D eigenvalue weighted by Crippen LogP contribution is -2.23. The first-order chi connectivity index (χ1) is 13.5. The molecule has 4 rings (SSSR count). The number of aryl methyl sites for hydroxylation is 1. The lowest BCUT2D eigenvalue weighted by Gasteiger charge is -2.12. The van der Waals surface area contributed by atoms with Gasteiger partial charge in [0.15, 0.2) is 5.15 Å². The summed E-state index contributed by atoms with van der Waals surface area (Å²) in [5.41, 5.74) is 1.91. The Kier molecular flexibility index (Phi) is 4.71. The van der Waals surface area contributed by atoms with Crippen LogP contribution >= 0.6 is 11.6 Å². The Bertz CT molecular complexity index is 1280. The quantitative estimate of drug-likeness (QED) is 0.483. The zero-order valence-corrected chi connectivity index (χ0v) is 15.6. The molecule has 3 heterocycles. The van der Waals surface area contributed by atoms with E-state index in [0.717, 1.165) is 11.4 Å².